The highest BCUT2D eigenvalue weighted by atomic mass is 32.2. The van der Waals surface area contributed by atoms with Crippen molar-refractivity contribution >= 4 is 22.0 Å². The summed E-state index contributed by atoms with van der Waals surface area (Å²) in [7, 11) is -0.209. The molecule has 10 heteroatoms. The highest BCUT2D eigenvalue weighted by Gasteiger charge is 2.23. The molecule has 0 aliphatic rings. The summed E-state index contributed by atoms with van der Waals surface area (Å²) in [6, 6.07) is 5.69. The minimum atomic E-state index is -3.95. The van der Waals surface area contributed by atoms with Gasteiger partial charge in [0.1, 0.15) is 5.75 Å². The van der Waals surface area contributed by atoms with E-state index in [9.17, 15) is 18.0 Å². The van der Waals surface area contributed by atoms with Gasteiger partial charge < -0.3 is 14.2 Å². The van der Waals surface area contributed by atoms with Crippen molar-refractivity contribution in [2.75, 3.05) is 26.2 Å². The van der Waals surface area contributed by atoms with Crippen molar-refractivity contribution in [3.8, 4) is 5.75 Å². The third kappa shape index (κ3) is 3.91. The van der Waals surface area contributed by atoms with Crippen LogP contribution in [-0.2, 0) is 19.5 Å². The van der Waals surface area contributed by atoms with Gasteiger partial charge >= 0.3 is 11.9 Å². The molecule has 0 atom stereocenters. The van der Waals surface area contributed by atoms with Crippen molar-refractivity contribution in [1.29, 1.82) is 0 Å². The summed E-state index contributed by atoms with van der Waals surface area (Å²) < 4.78 is 39.9. The number of hydrogen-bond donors (Lipinski definition) is 1. The van der Waals surface area contributed by atoms with Crippen LogP contribution in [0.25, 0.3) is 0 Å². The first kappa shape index (κ1) is 18.3. The van der Waals surface area contributed by atoms with Crippen LogP contribution in [0.3, 0.4) is 0 Å². The zero-order chi connectivity index (χ0) is 18.6. The fourth-order valence-electron chi connectivity index (χ4n) is 2.00. The maximum absolute atomic E-state index is 12.4. The zero-order valence-electron chi connectivity index (χ0n) is 13.7. The highest BCUT2D eigenvalue weighted by molar-refractivity contribution is 7.92. The number of methoxy groups -OCH3 is 3. The minimum Gasteiger partial charge on any atom is -0.497 e. The van der Waals surface area contributed by atoms with Crippen LogP contribution in [0.2, 0.25) is 0 Å². The van der Waals surface area contributed by atoms with Crippen LogP contribution in [0.15, 0.2) is 41.6 Å². The zero-order valence-corrected chi connectivity index (χ0v) is 14.5. The summed E-state index contributed by atoms with van der Waals surface area (Å²) in [4.78, 5) is 25.7. The molecule has 0 amide bonds. The van der Waals surface area contributed by atoms with E-state index in [2.05, 4.69) is 14.3 Å². The van der Waals surface area contributed by atoms with Crippen LogP contribution in [0, 0.1) is 0 Å². The SMILES string of the molecule is COC(=O)c1cn(NS(=O)(=O)c2ccc(OC)cc2)cc1C(=O)OC. The van der Waals surface area contributed by atoms with Crippen molar-refractivity contribution in [1.82, 2.24) is 4.68 Å². The topological polar surface area (TPSA) is 113 Å². The molecule has 1 aromatic carbocycles. The molecule has 0 radical (unpaired) electrons. The second kappa shape index (κ2) is 7.26. The minimum absolute atomic E-state index is 0.0266. The van der Waals surface area contributed by atoms with Gasteiger partial charge in [0.2, 0.25) is 0 Å². The lowest BCUT2D eigenvalue weighted by atomic mass is 10.2. The Morgan fingerprint density at radius 2 is 1.40 bits per heavy atom. The second-order valence-electron chi connectivity index (χ2n) is 4.75. The lowest BCUT2D eigenvalue weighted by Crippen LogP contribution is -2.22. The van der Waals surface area contributed by atoms with E-state index in [4.69, 9.17) is 4.74 Å². The van der Waals surface area contributed by atoms with Gasteiger partial charge in [-0.15, -0.1) is 0 Å². The first-order valence-electron chi connectivity index (χ1n) is 6.88. The first-order chi connectivity index (χ1) is 11.8. The van der Waals surface area contributed by atoms with E-state index in [0.29, 0.717) is 5.75 Å². The molecule has 1 aromatic heterocycles. The van der Waals surface area contributed by atoms with E-state index in [-0.39, 0.29) is 16.0 Å². The van der Waals surface area contributed by atoms with Crippen LogP contribution in [-0.4, -0.2) is 46.4 Å². The maximum atomic E-state index is 12.4. The smallest absolute Gasteiger partial charge is 0.340 e. The number of aromatic nitrogens is 1. The number of carbonyl (C=O) groups excluding carboxylic acids is 2. The number of ether oxygens (including phenoxy) is 3. The van der Waals surface area contributed by atoms with E-state index >= 15 is 0 Å². The average molecular weight is 368 g/mol. The van der Waals surface area contributed by atoms with Crippen LogP contribution >= 0.6 is 0 Å². The van der Waals surface area contributed by atoms with Gasteiger partial charge in [-0.1, -0.05) is 0 Å². The third-order valence-corrected chi connectivity index (χ3v) is 4.58. The molecule has 0 aliphatic heterocycles. The molecule has 2 aromatic rings. The van der Waals surface area contributed by atoms with Gasteiger partial charge in [0.05, 0.1) is 37.4 Å². The molecule has 0 unspecified atom stereocenters. The first-order valence-corrected chi connectivity index (χ1v) is 8.36. The molecule has 1 heterocycles. The molecule has 0 bridgehead atoms. The Morgan fingerprint density at radius 1 is 0.920 bits per heavy atom. The second-order valence-corrected chi connectivity index (χ2v) is 6.41. The predicted octanol–water partition coefficient (Wildman–Crippen LogP) is 1.00. The van der Waals surface area contributed by atoms with E-state index in [1.165, 1.54) is 31.4 Å². The summed E-state index contributed by atoms with van der Waals surface area (Å²) in [5.74, 6) is -1.11. The molecule has 0 fully saturated rings. The molecular weight excluding hydrogens is 352 g/mol. The lowest BCUT2D eigenvalue weighted by Gasteiger charge is -2.09. The Hall–Kier alpha value is -3.01. The number of sulfonamides is 1. The fourth-order valence-corrected chi connectivity index (χ4v) is 2.98. The van der Waals surface area contributed by atoms with Gasteiger partial charge in [-0.2, -0.15) is 8.42 Å². The number of nitrogens with zero attached hydrogens (tertiary/aromatic N) is 1. The molecular formula is C15H16N2O7S. The Bertz CT molecular complexity index is 852. The molecule has 0 spiro atoms. The lowest BCUT2D eigenvalue weighted by molar-refractivity contribution is 0.0556. The Labute approximate surface area is 144 Å². The van der Waals surface area contributed by atoms with Crippen LogP contribution in [0.5, 0.6) is 5.75 Å². The summed E-state index contributed by atoms with van der Waals surface area (Å²) in [6.07, 6.45) is 2.25. The number of esters is 2. The maximum Gasteiger partial charge on any atom is 0.340 e. The van der Waals surface area contributed by atoms with Gasteiger partial charge in [0, 0.05) is 12.4 Å². The number of nitrogens with one attached hydrogen (secondary N) is 1. The van der Waals surface area contributed by atoms with E-state index in [0.717, 1.165) is 31.3 Å². The van der Waals surface area contributed by atoms with E-state index in [1.54, 1.807) is 0 Å². The largest absolute Gasteiger partial charge is 0.497 e. The van der Waals surface area contributed by atoms with E-state index < -0.39 is 22.0 Å². The molecule has 2 rings (SSSR count). The van der Waals surface area contributed by atoms with Crippen molar-refractivity contribution < 1.29 is 32.2 Å². The third-order valence-electron chi connectivity index (χ3n) is 3.23. The molecule has 25 heavy (non-hydrogen) atoms. The van der Waals surface area contributed by atoms with Crippen molar-refractivity contribution in [2.24, 2.45) is 0 Å². The van der Waals surface area contributed by atoms with Crippen molar-refractivity contribution in [3.05, 3.63) is 47.8 Å². The van der Waals surface area contributed by atoms with Crippen molar-refractivity contribution in [3.63, 3.8) is 0 Å². The standard InChI is InChI=1S/C15H16N2O7S/c1-22-10-4-6-11(7-5-10)25(20,21)16-17-8-12(14(18)23-2)13(9-17)15(19)24-3/h4-9,16H,1-3H3. The summed E-state index contributed by atoms with van der Waals surface area (Å²) in [5.41, 5.74) is -0.265. The molecule has 134 valence electrons. The van der Waals surface area contributed by atoms with Gasteiger partial charge in [-0.3, -0.25) is 4.68 Å². The molecule has 1 N–H and O–H groups in total. The average Bonchev–Trinajstić information content (AvgIpc) is 3.03. The number of rotatable bonds is 6. The summed E-state index contributed by atoms with van der Waals surface area (Å²) >= 11 is 0. The monoisotopic (exact) mass is 368 g/mol. The Kier molecular flexibility index (Phi) is 5.32. The van der Waals surface area contributed by atoms with Crippen LogP contribution < -0.4 is 9.57 Å². The number of hydrogen-bond acceptors (Lipinski definition) is 7. The Balaban J connectivity index is 2.36. The molecule has 0 saturated heterocycles. The summed E-state index contributed by atoms with van der Waals surface area (Å²) in [6.45, 7) is 0. The molecule has 0 saturated carbocycles. The predicted molar refractivity (Wildman–Crippen MR) is 86.7 cm³/mol. The highest BCUT2D eigenvalue weighted by Crippen LogP contribution is 2.17. The van der Waals surface area contributed by atoms with Crippen molar-refractivity contribution in [2.45, 2.75) is 4.90 Å². The molecule has 0 aliphatic carbocycles. The summed E-state index contributed by atoms with van der Waals surface area (Å²) in [5, 5.41) is 0. The van der Waals surface area contributed by atoms with Gasteiger partial charge in [-0.25, -0.2) is 14.4 Å². The van der Waals surface area contributed by atoms with Gasteiger partial charge in [0.15, 0.2) is 0 Å². The quantitative estimate of drug-likeness (QED) is 0.757. The Morgan fingerprint density at radius 3 is 1.80 bits per heavy atom. The number of carbonyl (C=O) groups is 2. The van der Waals surface area contributed by atoms with E-state index in [1.807, 2.05) is 0 Å². The van der Waals surface area contributed by atoms with Gasteiger partial charge in [-0.05, 0) is 24.3 Å². The number of benzene rings is 1. The molecule has 9 nitrogen and oxygen atoms in total. The fraction of sp³-hybridized carbons (Fsp3) is 0.200. The van der Waals surface area contributed by atoms with Crippen LogP contribution in [0.1, 0.15) is 20.7 Å². The van der Waals surface area contributed by atoms with Crippen LogP contribution in [0.4, 0.5) is 0 Å². The van der Waals surface area contributed by atoms with Gasteiger partial charge in [0.25, 0.3) is 10.0 Å². The normalized spacial score (nSPS) is 10.8.